The van der Waals surface area contributed by atoms with E-state index in [4.69, 9.17) is 8.83 Å². The number of rotatable bonds is 5. The Kier molecular flexibility index (Phi) is 4.81. The van der Waals surface area contributed by atoms with Crippen molar-refractivity contribution in [2.24, 2.45) is 0 Å². The molecule has 7 heteroatoms. The summed E-state index contributed by atoms with van der Waals surface area (Å²) < 4.78 is 10.8. The molecule has 6 nitrogen and oxygen atoms in total. The van der Waals surface area contributed by atoms with Crippen LogP contribution in [0.15, 0.2) is 68.3 Å². The third-order valence-corrected chi connectivity index (χ3v) is 3.65. The number of nitrogens with one attached hydrogen (secondary N) is 2. The third kappa shape index (κ3) is 3.75. The Labute approximate surface area is 146 Å². The van der Waals surface area contributed by atoms with Crippen molar-refractivity contribution >= 4 is 33.4 Å². The molecular weight excluding hydrogens is 376 g/mol. The number of benzene rings is 1. The number of furan rings is 2. The predicted molar refractivity (Wildman–Crippen MR) is 90.7 cm³/mol. The molecule has 0 aliphatic carbocycles. The topological polar surface area (TPSA) is 84.5 Å². The molecule has 0 saturated heterocycles. The molecule has 0 saturated carbocycles. The maximum absolute atomic E-state index is 12.3. The van der Waals surface area contributed by atoms with Gasteiger partial charge in [-0.25, -0.2) is 0 Å². The van der Waals surface area contributed by atoms with Crippen LogP contribution in [0.5, 0.6) is 0 Å². The number of hydrogen-bond acceptors (Lipinski definition) is 4. The Balaban J connectivity index is 1.72. The molecule has 0 bridgehead atoms. The molecule has 0 aliphatic heterocycles. The van der Waals surface area contributed by atoms with Gasteiger partial charge in [0.05, 0.1) is 24.1 Å². The molecule has 0 spiro atoms. The van der Waals surface area contributed by atoms with Crippen molar-refractivity contribution in [3.05, 3.63) is 76.5 Å². The maximum Gasteiger partial charge on any atom is 0.291 e. The fraction of sp³-hybridized carbons (Fsp3) is 0.0588. The highest BCUT2D eigenvalue weighted by Gasteiger charge is 2.16. The van der Waals surface area contributed by atoms with Crippen molar-refractivity contribution in [1.82, 2.24) is 5.32 Å². The average molecular weight is 389 g/mol. The standard InChI is InChI=1S/C17H13BrN2O4/c18-15-8-7-14(24-15)17(22)20-13-6-2-1-5-12(13)16(21)19-10-11-4-3-9-23-11/h1-9H,10H2,(H,19,21)(H,20,22). The molecule has 0 aliphatic rings. The van der Waals surface area contributed by atoms with Crippen LogP contribution < -0.4 is 10.6 Å². The monoisotopic (exact) mass is 388 g/mol. The first-order chi connectivity index (χ1) is 11.6. The minimum absolute atomic E-state index is 0.146. The number of hydrogen-bond donors (Lipinski definition) is 2. The molecular formula is C17H13BrN2O4. The fourth-order valence-electron chi connectivity index (χ4n) is 2.09. The molecule has 0 radical (unpaired) electrons. The Morgan fingerprint density at radius 1 is 1.00 bits per heavy atom. The smallest absolute Gasteiger partial charge is 0.291 e. The Hall–Kier alpha value is -2.80. The first-order valence-corrected chi connectivity index (χ1v) is 7.89. The largest absolute Gasteiger partial charge is 0.467 e. The number of para-hydroxylation sites is 1. The van der Waals surface area contributed by atoms with Gasteiger partial charge in [0.25, 0.3) is 11.8 Å². The minimum atomic E-state index is -0.438. The van der Waals surface area contributed by atoms with E-state index in [1.54, 1.807) is 48.5 Å². The normalized spacial score (nSPS) is 10.4. The van der Waals surface area contributed by atoms with Crippen molar-refractivity contribution in [2.45, 2.75) is 6.54 Å². The maximum atomic E-state index is 12.3. The van der Waals surface area contributed by atoms with Gasteiger partial charge >= 0.3 is 0 Å². The summed E-state index contributed by atoms with van der Waals surface area (Å²) in [7, 11) is 0. The van der Waals surface area contributed by atoms with E-state index >= 15 is 0 Å². The van der Waals surface area contributed by atoms with Gasteiger partial charge in [0.15, 0.2) is 10.4 Å². The van der Waals surface area contributed by atoms with Crippen molar-refractivity contribution in [3.63, 3.8) is 0 Å². The van der Waals surface area contributed by atoms with Crippen LogP contribution in [0, 0.1) is 0 Å². The second kappa shape index (κ2) is 7.18. The summed E-state index contributed by atoms with van der Waals surface area (Å²) in [6.45, 7) is 0.263. The molecule has 122 valence electrons. The van der Waals surface area contributed by atoms with E-state index in [1.807, 2.05) is 0 Å². The van der Waals surface area contributed by atoms with E-state index in [9.17, 15) is 9.59 Å². The van der Waals surface area contributed by atoms with Crippen LogP contribution in [-0.2, 0) is 6.54 Å². The Bertz CT molecular complexity index is 855. The summed E-state index contributed by atoms with van der Waals surface area (Å²) in [5.74, 6) is 0.0351. The van der Waals surface area contributed by atoms with E-state index in [1.165, 1.54) is 6.26 Å². The zero-order valence-electron chi connectivity index (χ0n) is 12.4. The molecule has 24 heavy (non-hydrogen) atoms. The molecule has 3 aromatic rings. The molecule has 2 heterocycles. The van der Waals surface area contributed by atoms with Gasteiger partial charge in [-0.05, 0) is 52.3 Å². The molecule has 2 aromatic heterocycles. The zero-order chi connectivity index (χ0) is 16.9. The molecule has 0 atom stereocenters. The number of anilines is 1. The lowest BCUT2D eigenvalue weighted by Gasteiger charge is -2.10. The summed E-state index contributed by atoms with van der Waals surface area (Å²) in [4.78, 5) is 24.5. The SMILES string of the molecule is O=C(Nc1ccccc1C(=O)NCc1ccco1)c1ccc(Br)o1. The van der Waals surface area contributed by atoms with Crippen LogP contribution in [0.25, 0.3) is 0 Å². The molecule has 3 rings (SSSR count). The van der Waals surface area contributed by atoms with Gasteiger partial charge in [-0.3, -0.25) is 9.59 Å². The predicted octanol–water partition coefficient (Wildman–Crippen LogP) is 3.82. The van der Waals surface area contributed by atoms with Gasteiger partial charge in [-0.1, -0.05) is 12.1 Å². The molecule has 0 fully saturated rings. The number of halogens is 1. The molecule has 1 aromatic carbocycles. The van der Waals surface area contributed by atoms with Crippen LogP contribution in [0.4, 0.5) is 5.69 Å². The number of amides is 2. The summed E-state index contributed by atoms with van der Waals surface area (Å²) in [6.07, 6.45) is 1.54. The van der Waals surface area contributed by atoms with E-state index in [2.05, 4.69) is 26.6 Å². The summed E-state index contributed by atoms with van der Waals surface area (Å²) in [5, 5.41) is 5.42. The van der Waals surface area contributed by atoms with Gasteiger partial charge in [0.2, 0.25) is 0 Å². The van der Waals surface area contributed by atoms with Gasteiger partial charge in [0.1, 0.15) is 5.76 Å². The second-order valence-electron chi connectivity index (χ2n) is 4.87. The van der Waals surface area contributed by atoms with Gasteiger partial charge in [0, 0.05) is 0 Å². The Morgan fingerprint density at radius 3 is 2.54 bits per heavy atom. The van der Waals surface area contributed by atoms with Crippen molar-refractivity contribution in [2.75, 3.05) is 5.32 Å². The van der Waals surface area contributed by atoms with Gasteiger partial charge in [-0.15, -0.1) is 0 Å². The summed E-state index contributed by atoms with van der Waals surface area (Å²) in [5.41, 5.74) is 0.745. The number of carbonyl (C=O) groups excluding carboxylic acids is 2. The highest BCUT2D eigenvalue weighted by molar-refractivity contribution is 9.10. The first-order valence-electron chi connectivity index (χ1n) is 7.10. The van der Waals surface area contributed by atoms with Gasteiger partial charge < -0.3 is 19.5 Å². The van der Waals surface area contributed by atoms with E-state index in [0.717, 1.165) is 0 Å². The fourth-order valence-corrected chi connectivity index (χ4v) is 2.39. The quantitative estimate of drug-likeness (QED) is 0.695. The van der Waals surface area contributed by atoms with E-state index in [-0.39, 0.29) is 18.2 Å². The van der Waals surface area contributed by atoms with Gasteiger partial charge in [-0.2, -0.15) is 0 Å². The first kappa shape index (κ1) is 16.1. The average Bonchev–Trinajstić information content (AvgIpc) is 3.24. The van der Waals surface area contributed by atoms with Crippen molar-refractivity contribution in [3.8, 4) is 0 Å². The lowest BCUT2D eigenvalue weighted by atomic mass is 10.1. The summed E-state index contributed by atoms with van der Waals surface area (Å²) >= 11 is 3.14. The molecule has 0 unspecified atom stereocenters. The van der Waals surface area contributed by atoms with Crippen LogP contribution >= 0.6 is 15.9 Å². The Morgan fingerprint density at radius 2 is 1.83 bits per heavy atom. The van der Waals surface area contributed by atoms with Crippen LogP contribution in [0.2, 0.25) is 0 Å². The van der Waals surface area contributed by atoms with E-state index in [0.29, 0.717) is 21.7 Å². The van der Waals surface area contributed by atoms with E-state index < -0.39 is 5.91 Å². The van der Waals surface area contributed by atoms with Crippen LogP contribution in [0.3, 0.4) is 0 Å². The third-order valence-electron chi connectivity index (χ3n) is 3.22. The van der Waals surface area contributed by atoms with Crippen molar-refractivity contribution < 1.29 is 18.4 Å². The lowest BCUT2D eigenvalue weighted by molar-refractivity contribution is 0.0949. The van der Waals surface area contributed by atoms with Crippen molar-refractivity contribution in [1.29, 1.82) is 0 Å². The minimum Gasteiger partial charge on any atom is -0.467 e. The molecule has 2 amide bonds. The van der Waals surface area contributed by atoms with Crippen LogP contribution in [-0.4, -0.2) is 11.8 Å². The zero-order valence-corrected chi connectivity index (χ0v) is 14.0. The highest BCUT2D eigenvalue weighted by atomic mass is 79.9. The lowest BCUT2D eigenvalue weighted by Crippen LogP contribution is -2.24. The number of carbonyl (C=O) groups is 2. The summed E-state index contributed by atoms with van der Waals surface area (Å²) in [6, 6.07) is 13.4. The highest BCUT2D eigenvalue weighted by Crippen LogP contribution is 2.19. The van der Waals surface area contributed by atoms with Crippen LogP contribution in [0.1, 0.15) is 26.7 Å². The molecule has 2 N–H and O–H groups in total. The second-order valence-corrected chi connectivity index (χ2v) is 5.65.